The molecular weight excluding hydrogens is 511 g/mol. The third-order valence-corrected chi connectivity index (χ3v) is 6.39. The quantitative estimate of drug-likeness (QED) is 0.367. The number of carbonyl (C=O) groups is 1. The number of carbonyl (C=O) groups excluding carboxylic acids is 1. The largest absolute Gasteiger partial charge is 0.370 e. The fraction of sp³-hybridized carbons (Fsp3) is 0.476. The Morgan fingerprint density at radius 1 is 1.00 bits per heavy atom. The second-order valence-electron chi connectivity index (χ2n) is 7.51. The van der Waals surface area contributed by atoms with E-state index in [2.05, 4.69) is 19.8 Å². The standard InChI is InChI=1S/C21H28N6OS.HI/c22-20(26-11-13-27(14-12-26)21-23-8-15-29-21)24-16-17-4-6-18(7-5-17)19(28)25-9-2-1-3-10-25;/h4-8,15H,1-3,9-14,16H2,(H2,22,24);1H. The summed E-state index contributed by atoms with van der Waals surface area (Å²) in [4.78, 5) is 27.9. The van der Waals surface area contributed by atoms with Crippen molar-refractivity contribution in [2.45, 2.75) is 25.8 Å². The lowest BCUT2D eigenvalue weighted by molar-refractivity contribution is 0.0724. The van der Waals surface area contributed by atoms with Gasteiger partial charge < -0.3 is 20.4 Å². The summed E-state index contributed by atoms with van der Waals surface area (Å²) in [6.07, 6.45) is 5.28. The van der Waals surface area contributed by atoms with Gasteiger partial charge in [-0.25, -0.2) is 9.98 Å². The molecule has 162 valence electrons. The number of hydrogen-bond acceptors (Lipinski definition) is 5. The molecule has 0 bridgehead atoms. The average molecular weight is 540 g/mol. The number of aromatic nitrogens is 1. The molecule has 3 heterocycles. The van der Waals surface area contributed by atoms with Crippen molar-refractivity contribution >= 4 is 52.3 Å². The van der Waals surface area contributed by atoms with Crippen molar-refractivity contribution in [2.75, 3.05) is 44.2 Å². The van der Waals surface area contributed by atoms with Crippen LogP contribution in [0.5, 0.6) is 0 Å². The smallest absolute Gasteiger partial charge is 0.253 e. The first-order valence-electron chi connectivity index (χ1n) is 10.3. The summed E-state index contributed by atoms with van der Waals surface area (Å²) in [5, 5.41) is 3.07. The first kappa shape index (κ1) is 22.8. The van der Waals surface area contributed by atoms with E-state index in [1.165, 1.54) is 6.42 Å². The van der Waals surface area contributed by atoms with Crippen molar-refractivity contribution in [3.63, 3.8) is 0 Å². The topological polar surface area (TPSA) is 78.1 Å². The van der Waals surface area contributed by atoms with Gasteiger partial charge in [-0.1, -0.05) is 12.1 Å². The molecule has 4 rings (SSSR count). The number of thiazole rings is 1. The van der Waals surface area contributed by atoms with Gasteiger partial charge in [0.15, 0.2) is 11.1 Å². The van der Waals surface area contributed by atoms with E-state index in [0.29, 0.717) is 12.5 Å². The molecule has 7 nitrogen and oxygen atoms in total. The van der Waals surface area contributed by atoms with Gasteiger partial charge >= 0.3 is 0 Å². The van der Waals surface area contributed by atoms with Crippen LogP contribution in [0.3, 0.4) is 0 Å². The van der Waals surface area contributed by atoms with E-state index < -0.39 is 0 Å². The van der Waals surface area contributed by atoms with Gasteiger partial charge in [0, 0.05) is 56.4 Å². The fourth-order valence-electron chi connectivity index (χ4n) is 3.80. The third-order valence-electron chi connectivity index (χ3n) is 5.56. The van der Waals surface area contributed by atoms with Crippen LogP contribution in [0.4, 0.5) is 5.13 Å². The normalized spacial score (nSPS) is 17.6. The molecule has 1 amide bonds. The van der Waals surface area contributed by atoms with Gasteiger partial charge in [-0.3, -0.25) is 4.79 Å². The van der Waals surface area contributed by atoms with Crippen LogP contribution < -0.4 is 10.6 Å². The van der Waals surface area contributed by atoms with Crippen LogP contribution in [0, 0.1) is 0 Å². The van der Waals surface area contributed by atoms with Crippen molar-refractivity contribution in [1.82, 2.24) is 14.8 Å². The molecule has 30 heavy (non-hydrogen) atoms. The summed E-state index contributed by atoms with van der Waals surface area (Å²) in [6.45, 7) is 5.76. The maximum atomic E-state index is 12.6. The summed E-state index contributed by atoms with van der Waals surface area (Å²) < 4.78 is 0. The number of rotatable bonds is 4. The number of benzene rings is 1. The summed E-state index contributed by atoms with van der Waals surface area (Å²) in [6, 6.07) is 7.78. The SMILES string of the molecule is I.NC(=NCc1ccc(C(=O)N2CCCCC2)cc1)N1CCN(c2nccs2)CC1. The predicted octanol–water partition coefficient (Wildman–Crippen LogP) is 3.02. The Bertz CT molecular complexity index is 828. The van der Waals surface area contributed by atoms with Crippen molar-refractivity contribution < 1.29 is 4.79 Å². The van der Waals surface area contributed by atoms with Gasteiger partial charge in [0.1, 0.15) is 0 Å². The van der Waals surface area contributed by atoms with Gasteiger partial charge in [-0.05, 0) is 37.0 Å². The van der Waals surface area contributed by atoms with E-state index in [0.717, 1.165) is 68.4 Å². The Balaban J connectivity index is 0.00000256. The molecule has 0 saturated carbocycles. The molecule has 2 aliphatic heterocycles. The van der Waals surface area contributed by atoms with Crippen LogP contribution in [-0.4, -0.2) is 65.9 Å². The molecule has 1 aromatic heterocycles. The first-order chi connectivity index (χ1) is 14.2. The zero-order valence-corrected chi connectivity index (χ0v) is 20.2. The van der Waals surface area contributed by atoms with Gasteiger partial charge in [-0.2, -0.15) is 0 Å². The number of aliphatic imine (C=N–C) groups is 1. The molecule has 0 unspecified atom stereocenters. The molecule has 1 aromatic carbocycles. The third kappa shape index (κ3) is 5.63. The highest BCUT2D eigenvalue weighted by Crippen LogP contribution is 2.19. The number of piperazine rings is 1. The summed E-state index contributed by atoms with van der Waals surface area (Å²) >= 11 is 1.67. The van der Waals surface area contributed by atoms with Crippen LogP contribution in [0.2, 0.25) is 0 Å². The zero-order chi connectivity index (χ0) is 20.1. The van der Waals surface area contributed by atoms with Crippen LogP contribution in [0.15, 0.2) is 40.8 Å². The summed E-state index contributed by atoms with van der Waals surface area (Å²) in [5.41, 5.74) is 8.03. The van der Waals surface area contributed by atoms with Gasteiger partial charge in [0.2, 0.25) is 0 Å². The minimum Gasteiger partial charge on any atom is -0.370 e. The summed E-state index contributed by atoms with van der Waals surface area (Å²) in [5.74, 6) is 0.717. The van der Waals surface area contributed by atoms with Crippen molar-refractivity contribution in [3.8, 4) is 0 Å². The maximum absolute atomic E-state index is 12.6. The number of nitrogens with zero attached hydrogens (tertiary/aromatic N) is 5. The number of hydrogen-bond donors (Lipinski definition) is 1. The van der Waals surface area contributed by atoms with E-state index in [4.69, 9.17) is 5.73 Å². The van der Waals surface area contributed by atoms with Crippen molar-refractivity contribution in [3.05, 3.63) is 47.0 Å². The maximum Gasteiger partial charge on any atom is 0.253 e. The highest BCUT2D eigenvalue weighted by molar-refractivity contribution is 14.0. The number of amides is 1. The highest BCUT2D eigenvalue weighted by atomic mass is 127. The molecule has 2 fully saturated rings. The Morgan fingerprint density at radius 3 is 2.33 bits per heavy atom. The van der Waals surface area contributed by atoms with E-state index in [-0.39, 0.29) is 29.9 Å². The molecule has 9 heteroatoms. The van der Waals surface area contributed by atoms with Crippen LogP contribution in [-0.2, 0) is 6.54 Å². The number of likely N-dealkylation sites (tertiary alicyclic amines) is 1. The molecule has 0 atom stereocenters. The fourth-order valence-corrected chi connectivity index (χ4v) is 4.50. The molecule has 2 aliphatic rings. The van der Waals surface area contributed by atoms with Crippen LogP contribution in [0.1, 0.15) is 35.2 Å². The molecule has 2 aromatic rings. The molecule has 0 radical (unpaired) electrons. The molecular formula is C21H29IN6OS. The number of nitrogens with two attached hydrogens (primary N) is 1. The lowest BCUT2D eigenvalue weighted by atomic mass is 10.1. The zero-order valence-electron chi connectivity index (χ0n) is 17.1. The Hall–Kier alpha value is -1.88. The predicted molar refractivity (Wildman–Crippen MR) is 133 cm³/mol. The highest BCUT2D eigenvalue weighted by Gasteiger charge is 2.20. The monoisotopic (exact) mass is 540 g/mol. The minimum atomic E-state index is 0. The molecule has 0 aliphatic carbocycles. The summed E-state index contributed by atoms with van der Waals surface area (Å²) in [7, 11) is 0. The number of halogens is 1. The van der Waals surface area contributed by atoms with Crippen molar-refractivity contribution in [1.29, 1.82) is 0 Å². The Morgan fingerprint density at radius 2 is 1.70 bits per heavy atom. The molecule has 0 spiro atoms. The number of piperidine rings is 1. The van der Waals surface area contributed by atoms with E-state index >= 15 is 0 Å². The number of anilines is 1. The van der Waals surface area contributed by atoms with Gasteiger partial charge in [0.25, 0.3) is 5.91 Å². The minimum absolute atomic E-state index is 0. The molecule has 2 N–H and O–H groups in total. The van der Waals surface area contributed by atoms with E-state index in [1.54, 1.807) is 11.3 Å². The van der Waals surface area contributed by atoms with E-state index in [9.17, 15) is 4.79 Å². The van der Waals surface area contributed by atoms with Crippen LogP contribution >= 0.6 is 35.3 Å². The molecule has 2 saturated heterocycles. The Kier molecular flexibility index (Phi) is 8.32. The van der Waals surface area contributed by atoms with E-state index in [1.807, 2.05) is 40.7 Å². The lowest BCUT2D eigenvalue weighted by Crippen LogP contribution is -2.51. The second-order valence-corrected chi connectivity index (χ2v) is 8.39. The Labute approximate surface area is 199 Å². The van der Waals surface area contributed by atoms with Gasteiger partial charge in [-0.15, -0.1) is 35.3 Å². The average Bonchev–Trinajstić information content (AvgIpc) is 3.33. The van der Waals surface area contributed by atoms with Gasteiger partial charge in [0.05, 0.1) is 6.54 Å². The second kappa shape index (κ2) is 10.9. The lowest BCUT2D eigenvalue weighted by Gasteiger charge is -2.35. The van der Waals surface area contributed by atoms with Crippen LogP contribution in [0.25, 0.3) is 0 Å². The first-order valence-corrected chi connectivity index (χ1v) is 11.2. The number of guanidine groups is 1. The van der Waals surface area contributed by atoms with Crippen molar-refractivity contribution in [2.24, 2.45) is 10.7 Å².